The number of rotatable bonds is 2. The lowest BCUT2D eigenvalue weighted by molar-refractivity contribution is -0.121. The van der Waals surface area contributed by atoms with Gasteiger partial charge in [0.25, 0.3) is 0 Å². The van der Waals surface area contributed by atoms with Crippen molar-refractivity contribution in [2.75, 3.05) is 0 Å². The van der Waals surface area contributed by atoms with Crippen LogP contribution in [0.5, 0.6) is 0 Å². The molecule has 0 unspecified atom stereocenters. The van der Waals surface area contributed by atoms with Crippen molar-refractivity contribution in [3.63, 3.8) is 0 Å². The molecule has 2 fully saturated rings. The van der Waals surface area contributed by atoms with Gasteiger partial charge in [0.05, 0.1) is 11.2 Å². The maximum Gasteiger partial charge on any atom is 0.336 e. The Hall–Kier alpha value is -1.88. The summed E-state index contributed by atoms with van der Waals surface area (Å²) in [5.41, 5.74) is 0.417. The van der Waals surface area contributed by atoms with Crippen LogP contribution >= 0.6 is 0 Å². The summed E-state index contributed by atoms with van der Waals surface area (Å²) in [7, 11) is 0. The number of carboxylic acids is 1. The molecule has 1 aliphatic heterocycles. The zero-order valence-electron chi connectivity index (χ0n) is 9.77. The number of benzene rings is 1. The van der Waals surface area contributed by atoms with E-state index in [2.05, 4.69) is 10.6 Å². The standard InChI is InChI=1S/C13H14N2O3/c16-11-10(14-13(15-11)6-3-7-13)8-4-1-2-5-9(8)12(17)18/h1-2,4-5,10,14H,3,6-7H2,(H,15,16)(H,17,18)/t10-/m1/s1. The van der Waals surface area contributed by atoms with E-state index < -0.39 is 12.0 Å². The molecule has 1 saturated heterocycles. The van der Waals surface area contributed by atoms with E-state index in [1.165, 1.54) is 6.07 Å². The van der Waals surface area contributed by atoms with E-state index in [1.54, 1.807) is 18.2 Å². The maximum absolute atomic E-state index is 12.0. The number of carboxylic acid groups (broad SMARTS) is 1. The second-order valence-corrected chi connectivity index (χ2v) is 4.89. The second-order valence-electron chi connectivity index (χ2n) is 4.89. The number of nitrogens with one attached hydrogen (secondary N) is 2. The number of amides is 1. The molecule has 1 aromatic rings. The number of aromatic carboxylic acids is 1. The zero-order chi connectivity index (χ0) is 12.8. The van der Waals surface area contributed by atoms with Gasteiger partial charge in [-0.1, -0.05) is 18.2 Å². The number of hydrogen-bond donors (Lipinski definition) is 3. The van der Waals surface area contributed by atoms with Gasteiger partial charge in [0.2, 0.25) is 5.91 Å². The molecule has 3 rings (SSSR count). The SMILES string of the molecule is O=C(O)c1ccccc1[C@H]1NC2(CCC2)NC1=O. The molecule has 1 spiro atoms. The van der Waals surface area contributed by atoms with E-state index >= 15 is 0 Å². The lowest BCUT2D eigenvalue weighted by atomic mass is 9.85. The first kappa shape index (κ1) is 11.2. The zero-order valence-corrected chi connectivity index (χ0v) is 9.77. The lowest BCUT2D eigenvalue weighted by Gasteiger charge is -2.38. The Morgan fingerprint density at radius 2 is 2.06 bits per heavy atom. The first-order valence-corrected chi connectivity index (χ1v) is 6.03. The van der Waals surface area contributed by atoms with Crippen molar-refractivity contribution in [1.29, 1.82) is 0 Å². The summed E-state index contributed by atoms with van der Waals surface area (Å²) in [6.45, 7) is 0. The second kappa shape index (κ2) is 3.81. The van der Waals surface area contributed by atoms with E-state index in [0.717, 1.165) is 19.3 Å². The van der Waals surface area contributed by atoms with Crippen LogP contribution in [0, 0.1) is 0 Å². The molecule has 2 aliphatic rings. The van der Waals surface area contributed by atoms with Gasteiger partial charge < -0.3 is 10.4 Å². The number of hydrogen-bond acceptors (Lipinski definition) is 3. The average molecular weight is 246 g/mol. The van der Waals surface area contributed by atoms with E-state index in [4.69, 9.17) is 5.11 Å². The molecule has 1 heterocycles. The third-order valence-corrected chi connectivity index (χ3v) is 3.75. The van der Waals surface area contributed by atoms with Gasteiger partial charge in [-0.15, -0.1) is 0 Å². The summed E-state index contributed by atoms with van der Waals surface area (Å²) in [5, 5.41) is 15.3. The quantitative estimate of drug-likeness (QED) is 0.728. The number of carbonyl (C=O) groups is 2. The summed E-state index contributed by atoms with van der Waals surface area (Å²) >= 11 is 0. The highest BCUT2D eigenvalue weighted by Gasteiger charge is 2.48. The summed E-state index contributed by atoms with van der Waals surface area (Å²) < 4.78 is 0. The predicted molar refractivity (Wildman–Crippen MR) is 64.0 cm³/mol. The Balaban J connectivity index is 1.96. The fraction of sp³-hybridized carbons (Fsp3) is 0.385. The molecular weight excluding hydrogens is 232 g/mol. The molecule has 0 radical (unpaired) electrons. The largest absolute Gasteiger partial charge is 0.478 e. The predicted octanol–water partition coefficient (Wildman–Crippen LogP) is 1.03. The van der Waals surface area contributed by atoms with Crippen molar-refractivity contribution < 1.29 is 14.7 Å². The molecule has 1 atom stereocenters. The molecule has 0 bridgehead atoms. The Bertz CT molecular complexity index is 523. The van der Waals surface area contributed by atoms with Gasteiger partial charge in [-0.2, -0.15) is 0 Å². The van der Waals surface area contributed by atoms with Crippen molar-refractivity contribution in [3.05, 3.63) is 35.4 Å². The van der Waals surface area contributed by atoms with Crippen molar-refractivity contribution in [1.82, 2.24) is 10.6 Å². The highest BCUT2D eigenvalue weighted by Crippen LogP contribution is 2.37. The summed E-state index contributed by atoms with van der Waals surface area (Å²) in [6, 6.07) is 6.08. The monoisotopic (exact) mass is 246 g/mol. The summed E-state index contributed by atoms with van der Waals surface area (Å²) in [5.74, 6) is -1.14. The molecular formula is C13H14N2O3. The van der Waals surface area contributed by atoms with Crippen molar-refractivity contribution in [3.8, 4) is 0 Å². The Kier molecular flexibility index (Phi) is 2.38. The molecule has 0 aromatic heterocycles. The highest BCUT2D eigenvalue weighted by molar-refractivity contribution is 5.94. The van der Waals surface area contributed by atoms with E-state index in [0.29, 0.717) is 5.56 Å². The maximum atomic E-state index is 12.0. The van der Waals surface area contributed by atoms with Gasteiger partial charge in [-0.25, -0.2) is 4.79 Å². The molecule has 1 aliphatic carbocycles. The summed E-state index contributed by atoms with van der Waals surface area (Å²) in [4.78, 5) is 23.2. The van der Waals surface area contributed by atoms with E-state index in [1.807, 2.05) is 0 Å². The minimum atomic E-state index is -1.00. The molecule has 18 heavy (non-hydrogen) atoms. The van der Waals surface area contributed by atoms with Gasteiger partial charge in [0.15, 0.2) is 0 Å². The Labute approximate surface area is 104 Å². The highest BCUT2D eigenvalue weighted by atomic mass is 16.4. The van der Waals surface area contributed by atoms with Crippen molar-refractivity contribution in [2.24, 2.45) is 0 Å². The third kappa shape index (κ3) is 1.59. The number of carbonyl (C=O) groups excluding carboxylic acids is 1. The van der Waals surface area contributed by atoms with Crippen LogP contribution < -0.4 is 10.6 Å². The van der Waals surface area contributed by atoms with Crippen molar-refractivity contribution in [2.45, 2.75) is 31.0 Å². The molecule has 3 N–H and O–H groups in total. The first-order chi connectivity index (χ1) is 8.61. The Morgan fingerprint density at radius 3 is 2.61 bits per heavy atom. The van der Waals surface area contributed by atoms with Crippen LogP contribution in [0.3, 0.4) is 0 Å². The van der Waals surface area contributed by atoms with Crippen LogP contribution in [0.15, 0.2) is 24.3 Å². The molecule has 94 valence electrons. The minimum Gasteiger partial charge on any atom is -0.478 e. The van der Waals surface area contributed by atoms with E-state index in [9.17, 15) is 9.59 Å². The normalized spacial score (nSPS) is 24.7. The fourth-order valence-corrected chi connectivity index (χ4v) is 2.65. The topological polar surface area (TPSA) is 78.4 Å². The van der Waals surface area contributed by atoms with Gasteiger partial charge in [-0.05, 0) is 30.9 Å². The van der Waals surface area contributed by atoms with E-state index in [-0.39, 0.29) is 17.1 Å². The van der Waals surface area contributed by atoms with Crippen LogP contribution in [0.4, 0.5) is 0 Å². The molecule has 1 amide bonds. The minimum absolute atomic E-state index is 0.136. The van der Waals surface area contributed by atoms with Gasteiger partial charge in [0.1, 0.15) is 6.04 Å². The van der Waals surface area contributed by atoms with Gasteiger partial charge >= 0.3 is 5.97 Å². The Morgan fingerprint density at radius 1 is 1.33 bits per heavy atom. The smallest absolute Gasteiger partial charge is 0.336 e. The third-order valence-electron chi connectivity index (χ3n) is 3.75. The van der Waals surface area contributed by atoms with Crippen molar-refractivity contribution >= 4 is 11.9 Å². The first-order valence-electron chi connectivity index (χ1n) is 6.03. The van der Waals surface area contributed by atoms with Crippen LogP contribution in [0.1, 0.15) is 41.2 Å². The lowest BCUT2D eigenvalue weighted by Crippen LogP contribution is -2.55. The molecule has 1 saturated carbocycles. The van der Waals surface area contributed by atoms with Gasteiger partial charge in [0, 0.05) is 0 Å². The summed E-state index contributed by atoms with van der Waals surface area (Å²) in [6.07, 6.45) is 2.90. The van der Waals surface area contributed by atoms with Gasteiger partial charge in [-0.3, -0.25) is 10.1 Å². The van der Waals surface area contributed by atoms with Crippen LogP contribution in [-0.2, 0) is 4.79 Å². The molecule has 5 nitrogen and oxygen atoms in total. The fourth-order valence-electron chi connectivity index (χ4n) is 2.65. The molecule has 5 heteroatoms. The average Bonchev–Trinajstić information content (AvgIpc) is 2.67. The molecule has 1 aromatic carbocycles. The van der Waals surface area contributed by atoms with Crippen LogP contribution in [0.25, 0.3) is 0 Å². The van der Waals surface area contributed by atoms with Crippen LogP contribution in [0.2, 0.25) is 0 Å². The van der Waals surface area contributed by atoms with Crippen LogP contribution in [-0.4, -0.2) is 22.6 Å².